The molecule has 1 amide bonds. The van der Waals surface area contributed by atoms with E-state index in [2.05, 4.69) is 16.7 Å². The molecule has 33 heavy (non-hydrogen) atoms. The first-order chi connectivity index (χ1) is 15.9. The molecule has 2 heterocycles. The summed E-state index contributed by atoms with van der Waals surface area (Å²) in [4.78, 5) is 18.4. The molecule has 184 valence electrons. The highest BCUT2D eigenvalue weighted by Gasteiger charge is 2.42. The van der Waals surface area contributed by atoms with E-state index in [4.69, 9.17) is 9.47 Å². The lowest BCUT2D eigenvalue weighted by atomic mass is 9.94. The number of carbonyl (C=O) groups is 1. The van der Waals surface area contributed by atoms with Crippen molar-refractivity contribution < 1.29 is 22.7 Å². The fraction of sp³-hybridized carbons (Fsp3) is 0.708. The van der Waals surface area contributed by atoms with Crippen molar-refractivity contribution >= 4 is 15.9 Å². The predicted molar refractivity (Wildman–Crippen MR) is 126 cm³/mol. The Morgan fingerprint density at radius 1 is 0.939 bits per heavy atom. The number of hydrogen-bond acceptors (Lipinski definition) is 6. The number of carbonyl (C=O) groups excluding carboxylic acids is 1. The van der Waals surface area contributed by atoms with E-state index in [1.165, 1.54) is 24.6 Å². The minimum atomic E-state index is -3.66. The van der Waals surface area contributed by atoms with E-state index < -0.39 is 10.0 Å². The van der Waals surface area contributed by atoms with Gasteiger partial charge in [0, 0.05) is 50.2 Å². The number of likely N-dealkylation sites (tertiary alicyclic amines) is 1. The lowest BCUT2D eigenvalue weighted by Gasteiger charge is -2.41. The van der Waals surface area contributed by atoms with Gasteiger partial charge in [-0.15, -0.1) is 0 Å². The first-order valence-corrected chi connectivity index (χ1v) is 13.6. The van der Waals surface area contributed by atoms with Crippen LogP contribution >= 0.6 is 0 Å². The Hall–Kier alpha value is -1.84. The summed E-state index contributed by atoms with van der Waals surface area (Å²) in [5, 5.41) is 0. The summed E-state index contributed by atoms with van der Waals surface area (Å²) < 4.78 is 38.4. The molecule has 4 rings (SSSR count). The van der Waals surface area contributed by atoms with Crippen LogP contribution in [0, 0.1) is 5.92 Å². The number of benzene rings is 1. The molecule has 3 aliphatic rings. The standard InChI is InChI=1S/C24H37N3O5S/c1-4-25-13-11-20(12-14-25)27(19-5-6-19)24(28)18-9-15-26(16-10-18)33(29,30)21-7-8-22(31-2)23(17-21)32-3/h7-8,17-20H,4-6,9-16H2,1-3H3. The van der Waals surface area contributed by atoms with Crippen LogP contribution in [0.25, 0.3) is 0 Å². The lowest BCUT2D eigenvalue weighted by Crippen LogP contribution is -2.51. The van der Waals surface area contributed by atoms with Crippen LogP contribution in [-0.4, -0.2) is 87.5 Å². The molecule has 0 spiro atoms. The predicted octanol–water partition coefficient (Wildman–Crippen LogP) is 2.58. The van der Waals surface area contributed by atoms with E-state index in [9.17, 15) is 13.2 Å². The van der Waals surface area contributed by atoms with Crippen molar-refractivity contribution in [3.05, 3.63) is 18.2 Å². The van der Waals surface area contributed by atoms with Gasteiger partial charge >= 0.3 is 0 Å². The summed E-state index contributed by atoms with van der Waals surface area (Å²) >= 11 is 0. The quantitative estimate of drug-likeness (QED) is 0.570. The zero-order chi connectivity index (χ0) is 23.6. The van der Waals surface area contributed by atoms with Gasteiger partial charge in [-0.2, -0.15) is 4.31 Å². The van der Waals surface area contributed by atoms with Crippen molar-refractivity contribution in [2.45, 2.75) is 62.4 Å². The molecular weight excluding hydrogens is 442 g/mol. The minimum Gasteiger partial charge on any atom is -0.493 e. The summed E-state index contributed by atoms with van der Waals surface area (Å²) in [5.41, 5.74) is 0. The van der Waals surface area contributed by atoms with Gasteiger partial charge in [0.2, 0.25) is 15.9 Å². The van der Waals surface area contributed by atoms with Gasteiger partial charge in [0.15, 0.2) is 11.5 Å². The van der Waals surface area contributed by atoms with Crippen LogP contribution < -0.4 is 9.47 Å². The second-order valence-electron chi connectivity index (χ2n) is 9.34. The lowest BCUT2D eigenvalue weighted by molar-refractivity contribution is -0.141. The summed E-state index contributed by atoms with van der Waals surface area (Å²) in [5.74, 6) is 1.03. The first-order valence-electron chi connectivity index (χ1n) is 12.2. The maximum absolute atomic E-state index is 13.5. The van der Waals surface area contributed by atoms with Crippen molar-refractivity contribution in [2.24, 2.45) is 5.92 Å². The Kier molecular flexibility index (Phi) is 7.50. The molecule has 0 atom stereocenters. The number of amides is 1. The van der Waals surface area contributed by atoms with Crippen molar-refractivity contribution in [3.8, 4) is 11.5 Å². The van der Waals surface area contributed by atoms with Gasteiger partial charge < -0.3 is 19.3 Å². The Balaban J connectivity index is 1.40. The second-order valence-corrected chi connectivity index (χ2v) is 11.3. The molecule has 1 aromatic carbocycles. The normalized spacial score (nSPS) is 21.7. The number of sulfonamides is 1. The van der Waals surface area contributed by atoms with Crippen LogP contribution in [0.5, 0.6) is 11.5 Å². The third-order valence-corrected chi connectivity index (χ3v) is 9.28. The summed E-state index contributed by atoms with van der Waals surface area (Å²) in [6.45, 7) is 6.09. The third kappa shape index (κ3) is 5.15. The molecule has 1 aliphatic carbocycles. The number of methoxy groups -OCH3 is 2. The Morgan fingerprint density at radius 2 is 1.55 bits per heavy atom. The molecule has 8 nitrogen and oxygen atoms in total. The zero-order valence-electron chi connectivity index (χ0n) is 20.0. The summed E-state index contributed by atoms with van der Waals surface area (Å²) in [6, 6.07) is 5.39. The Bertz CT molecular complexity index is 933. The number of hydrogen-bond donors (Lipinski definition) is 0. The maximum atomic E-state index is 13.5. The minimum absolute atomic E-state index is 0.0911. The molecule has 2 saturated heterocycles. The highest BCUT2D eigenvalue weighted by atomic mass is 32.2. The fourth-order valence-corrected chi connectivity index (χ4v) is 6.69. The largest absolute Gasteiger partial charge is 0.493 e. The van der Waals surface area contributed by atoms with Crippen molar-refractivity contribution in [3.63, 3.8) is 0 Å². The van der Waals surface area contributed by atoms with E-state index in [0.717, 1.165) is 45.3 Å². The van der Waals surface area contributed by atoms with Crippen molar-refractivity contribution in [2.75, 3.05) is 46.9 Å². The van der Waals surface area contributed by atoms with Crippen LogP contribution in [-0.2, 0) is 14.8 Å². The van der Waals surface area contributed by atoms with Crippen LogP contribution in [0.2, 0.25) is 0 Å². The van der Waals surface area contributed by atoms with Gasteiger partial charge in [0.1, 0.15) is 0 Å². The van der Waals surface area contributed by atoms with Crippen LogP contribution in [0.15, 0.2) is 23.1 Å². The van der Waals surface area contributed by atoms with Crippen LogP contribution in [0.3, 0.4) is 0 Å². The van der Waals surface area contributed by atoms with E-state index in [-0.39, 0.29) is 16.7 Å². The topological polar surface area (TPSA) is 79.4 Å². The molecule has 3 fully saturated rings. The van der Waals surface area contributed by atoms with Gasteiger partial charge in [-0.3, -0.25) is 4.79 Å². The van der Waals surface area contributed by atoms with E-state index in [1.807, 2.05) is 0 Å². The van der Waals surface area contributed by atoms with Gasteiger partial charge in [-0.1, -0.05) is 6.92 Å². The smallest absolute Gasteiger partial charge is 0.243 e. The fourth-order valence-electron chi connectivity index (χ4n) is 5.20. The third-order valence-electron chi connectivity index (χ3n) is 7.39. The van der Waals surface area contributed by atoms with Gasteiger partial charge in [-0.05, 0) is 57.2 Å². The molecule has 1 aromatic rings. The summed E-state index contributed by atoms with van der Waals surface area (Å²) in [6.07, 6.45) is 5.44. The molecule has 0 unspecified atom stereocenters. The zero-order valence-corrected chi connectivity index (χ0v) is 20.8. The average molecular weight is 480 g/mol. The maximum Gasteiger partial charge on any atom is 0.243 e. The van der Waals surface area contributed by atoms with Crippen LogP contribution in [0.4, 0.5) is 0 Å². The molecule has 0 radical (unpaired) electrons. The molecule has 1 saturated carbocycles. The summed E-state index contributed by atoms with van der Waals surface area (Å²) in [7, 11) is -0.646. The van der Waals surface area contributed by atoms with E-state index in [0.29, 0.717) is 49.5 Å². The van der Waals surface area contributed by atoms with E-state index >= 15 is 0 Å². The average Bonchev–Trinajstić information content (AvgIpc) is 3.69. The SMILES string of the molecule is CCN1CCC(N(C(=O)C2CCN(S(=O)(=O)c3ccc(OC)c(OC)c3)CC2)C2CC2)CC1. The number of rotatable bonds is 8. The van der Waals surface area contributed by atoms with Crippen LogP contribution in [0.1, 0.15) is 45.4 Å². The molecular formula is C24H37N3O5S. The van der Waals surface area contributed by atoms with Crippen molar-refractivity contribution in [1.29, 1.82) is 0 Å². The Morgan fingerprint density at radius 3 is 2.09 bits per heavy atom. The Labute approximate surface area is 197 Å². The molecule has 0 bridgehead atoms. The molecule has 9 heteroatoms. The number of nitrogens with zero attached hydrogens (tertiary/aromatic N) is 3. The van der Waals surface area contributed by atoms with Gasteiger partial charge in [0.25, 0.3) is 0 Å². The molecule has 2 aliphatic heterocycles. The monoisotopic (exact) mass is 479 g/mol. The molecule has 0 aromatic heterocycles. The second kappa shape index (κ2) is 10.2. The highest BCUT2D eigenvalue weighted by molar-refractivity contribution is 7.89. The van der Waals surface area contributed by atoms with Gasteiger partial charge in [-0.25, -0.2) is 8.42 Å². The first kappa shape index (κ1) is 24.3. The van der Waals surface area contributed by atoms with E-state index in [1.54, 1.807) is 12.1 Å². The number of piperidine rings is 2. The van der Waals surface area contributed by atoms with Gasteiger partial charge in [0.05, 0.1) is 19.1 Å². The number of ether oxygens (including phenoxy) is 2. The molecule has 0 N–H and O–H groups in total. The van der Waals surface area contributed by atoms with Crippen molar-refractivity contribution in [1.82, 2.24) is 14.1 Å². The highest BCUT2D eigenvalue weighted by Crippen LogP contribution is 2.36.